The molecule has 0 spiro atoms. The molecule has 1 saturated heterocycles. The van der Waals surface area contributed by atoms with E-state index in [0.29, 0.717) is 43.6 Å². The van der Waals surface area contributed by atoms with E-state index in [1.807, 2.05) is 18.2 Å². The number of nitrogens with one attached hydrogen (secondary N) is 1. The summed E-state index contributed by atoms with van der Waals surface area (Å²) in [7, 11) is 2.37. The van der Waals surface area contributed by atoms with Gasteiger partial charge < -0.3 is 5.32 Å². The average Bonchev–Trinajstić information content (AvgIpc) is 3.25. The van der Waals surface area contributed by atoms with Gasteiger partial charge in [0.2, 0.25) is 10.0 Å². The SMILES string of the molecule is [B]c1cnn2c(NCc3cccnc3)cc(C3CCN(S(=O)(=O)c4cccc(Cl)c4Cl)CC3)nc12. The molecule has 35 heavy (non-hydrogen) atoms. The van der Waals surface area contributed by atoms with E-state index in [-0.39, 0.29) is 20.9 Å². The van der Waals surface area contributed by atoms with Gasteiger partial charge in [-0.3, -0.25) is 4.98 Å². The van der Waals surface area contributed by atoms with E-state index in [2.05, 4.69) is 15.4 Å². The van der Waals surface area contributed by atoms with E-state index in [0.717, 1.165) is 17.1 Å². The summed E-state index contributed by atoms with van der Waals surface area (Å²) >= 11 is 12.2. The van der Waals surface area contributed by atoms with Gasteiger partial charge in [-0.25, -0.2) is 13.4 Å². The minimum absolute atomic E-state index is 0.0265. The third-order valence-electron chi connectivity index (χ3n) is 6.12. The second-order valence-corrected chi connectivity index (χ2v) is 11.0. The van der Waals surface area contributed by atoms with Gasteiger partial charge in [-0.15, -0.1) is 0 Å². The van der Waals surface area contributed by atoms with Gasteiger partial charge in [-0.1, -0.05) is 35.3 Å². The molecular formula is C23H21BCl2N6O2S. The minimum Gasteiger partial charge on any atom is -0.366 e. The zero-order valence-electron chi connectivity index (χ0n) is 18.6. The lowest BCUT2D eigenvalue weighted by Crippen LogP contribution is -2.38. The number of pyridine rings is 1. The number of benzene rings is 1. The van der Waals surface area contributed by atoms with E-state index in [1.54, 1.807) is 35.2 Å². The normalized spacial score (nSPS) is 15.5. The second-order valence-electron chi connectivity index (χ2n) is 8.35. The number of fused-ring (bicyclic) bond motifs is 1. The highest BCUT2D eigenvalue weighted by molar-refractivity contribution is 7.89. The molecule has 0 atom stereocenters. The Kier molecular flexibility index (Phi) is 6.72. The van der Waals surface area contributed by atoms with Crippen molar-refractivity contribution in [3.05, 3.63) is 76.3 Å². The number of rotatable bonds is 6. The average molecular weight is 527 g/mol. The summed E-state index contributed by atoms with van der Waals surface area (Å²) in [6.07, 6.45) is 6.32. The predicted octanol–water partition coefficient (Wildman–Crippen LogP) is 3.41. The third kappa shape index (κ3) is 4.75. The Bertz CT molecular complexity index is 1470. The monoisotopic (exact) mass is 526 g/mol. The van der Waals surface area contributed by atoms with Crippen molar-refractivity contribution in [3.63, 3.8) is 0 Å². The minimum atomic E-state index is -3.76. The largest absolute Gasteiger partial charge is 0.366 e. The molecule has 0 bridgehead atoms. The third-order valence-corrected chi connectivity index (χ3v) is 8.99. The molecule has 0 unspecified atom stereocenters. The van der Waals surface area contributed by atoms with Crippen LogP contribution in [0.3, 0.4) is 0 Å². The highest BCUT2D eigenvalue weighted by Crippen LogP contribution is 2.35. The standard InChI is InChI=1S/C23H21BCl2N6O2S/c24-17-14-29-32-21(28-13-15-3-2-8-27-12-15)11-19(30-23(17)32)16-6-9-31(10-7-16)35(33,34)20-5-1-4-18(25)22(20)26/h1-5,8,11-12,14,16,28H,6-7,9-10,13H2. The van der Waals surface area contributed by atoms with Crippen LogP contribution in [-0.2, 0) is 16.6 Å². The van der Waals surface area contributed by atoms with Crippen LogP contribution in [0, 0.1) is 0 Å². The summed E-state index contributed by atoms with van der Waals surface area (Å²) in [4.78, 5) is 8.94. The fraction of sp³-hybridized carbons (Fsp3) is 0.261. The van der Waals surface area contributed by atoms with E-state index < -0.39 is 10.0 Å². The Labute approximate surface area is 214 Å². The van der Waals surface area contributed by atoms with Gasteiger partial charge in [-0.05, 0) is 42.1 Å². The zero-order valence-corrected chi connectivity index (χ0v) is 20.9. The summed E-state index contributed by atoms with van der Waals surface area (Å²) in [5.74, 6) is 0.820. The molecule has 5 rings (SSSR count). The summed E-state index contributed by atoms with van der Waals surface area (Å²) in [5.41, 5.74) is 2.91. The van der Waals surface area contributed by atoms with Crippen LogP contribution in [0.1, 0.15) is 30.0 Å². The molecule has 3 aromatic heterocycles. The summed E-state index contributed by atoms with van der Waals surface area (Å²) in [6.45, 7) is 1.25. The lowest BCUT2D eigenvalue weighted by molar-refractivity contribution is 0.317. The van der Waals surface area contributed by atoms with Crippen molar-refractivity contribution >= 4 is 58.0 Å². The van der Waals surface area contributed by atoms with Crippen LogP contribution in [-0.4, -0.2) is 53.2 Å². The van der Waals surface area contributed by atoms with Crippen molar-refractivity contribution < 1.29 is 8.42 Å². The number of sulfonamides is 1. The number of hydrogen-bond acceptors (Lipinski definition) is 6. The van der Waals surface area contributed by atoms with Gasteiger partial charge in [0.05, 0.1) is 10.0 Å². The van der Waals surface area contributed by atoms with Gasteiger partial charge in [0.25, 0.3) is 0 Å². The van der Waals surface area contributed by atoms with Crippen LogP contribution < -0.4 is 10.8 Å². The molecule has 4 aromatic rings. The number of nitrogens with zero attached hydrogens (tertiary/aromatic N) is 5. The number of halogens is 2. The summed E-state index contributed by atoms with van der Waals surface area (Å²) in [5, 5.41) is 8.00. The fourth-order valence-electron chi connectivity index (χ4n) is 4.24. The maximum absolute atomic E-state index is 13.2. The molecule has 0 saturated carbocycles. The van der Waals surface area contributed by atoms with Gasteiger partial charge >= 0.3 is 0 Å². The molecular weight excluding hydrogens is 506 g/mol. The van der Waals surface area contributed by atoms with Crippen molar-refractivity contribution in [2.24, 2.45) is 0 Å². The predicted molar refractivity (Wildman–Crippen MR) is 137 cm³/mol. The lowest BCUT2D eigenvalue weighted by atomic mass is 9.94. The maximum atomic E-state index is 13.2. The molecule has 1 aromatic carbocycles. The van der Waals surface area contributed by atoms with Crippen LogP contribution in [0.4, 0.5) is 5.82 Å². The highest BCUT2D eigenvalue weighted by Gasteiger charge is 2.32. The maximum Gasteiger partial charge on any atom is 0.244 e. The van der Waals surface area contributed by atoms with Crippen molar-refractivity contribution in [1.82, 2.24) is 23.9 Å². The van der Waals surface area contributed by atoms with E-state index >= 15 is 0 Å². The van der Waals surface area contributed by atoms with E-state index in [9.17, 15) is 8.42 Å². The second kappa shape index (κ2) is 9.77. The number of hydrogen-bond donors (Lipinski definition) is 1. The molecule has 178 valence electrons. The van der Waals surface area contributed by atoms with Crippen molar-refractivity contribution in [2.75, 3.05) is 18.4 Å². The molecule has 8 nitrogen and oxygen atoms in total. The smallest absolute Gasteiger partial charge is 0.244 e. The molecule has 0 aliphatic carbocycles. The summed E-state index contributed by atoms with van der Waals surface area (Å²) in [6, 6.07) is 10.5. The van der Waals surface area contributed by atoms with Crippen LogP contribution in [0.15, 0.2) is 59.9 Å². The Balaban J connectivity index is 1.37. The van der Waals surface area contributed by atoms with E-state index in [1.165, 1.54) is 10.4 Å². The Morgan fingerprint density at radius 2 is 1.91 bits per heavy atom. The highest BCUT2D eigenvalue weighted by atomic mass is 35.5. The molecule has 1 N–H and O–H groups in total. The van der Waals surface area contributed by atoms with Crippen molar-refractivity contribution in [2.45, 2.75) is 30.2 Å². The number of piperidine rings is 1. The van der Waals surface area contributed by atoms with Gasteiger partial charge in [0.1, 0.15) is 24.2 Å². The van der Waals surface area contributed by atoms with Crippen molar-refractivity contribution in [1.29, 1.82) is 0 Å². The molecule has 1 aliphatic heterocycles. The van der Waals surface area contributed by atoms with Crippen LogP contribution in [0.2, 0.25) is 10.0 Å². The lowest BCUT2D eigenvalue weighted by Gasteiger charge is -2.31. The molecule has 4 heterocycles. The first-order valence-electron chi connectivity index (χ1n) is 11.1. The van der Waals surface area contributed by atoms with Gasteiger partial charge in [0, 0.05) is 55.9 Å². The molecule has 1 fully saturated rings. The summed E-state index contributed by atoms with van der Waals surface area (Å²) < 4.78 is 29.5. The molecule has 1 aliphatic rings. The van der Waals surface area contributed by atoms with Gasteiger partial charge in [0.15, 0.2) is 0 Å². The Morgan fingerprint density at radius 3 is 2.66 bits per heavy atom. The first-order valence-corrected chi connectivity index (χ1v) is 13.3. The first-order chi connectivity index (χ1) is 16.8. The van der Waals surface area contributed by atoms with Gasteiger partial charge in [-0.2, -0.15) is 13.9 Å². The van der Waals surface area contributed by atoms with E-state index in [4.69, 9.17) is 36.0 Å². The topological polar surface area (TPSA) is 92.5 Å². The first kappa shape index (κ1) is 24.1. The van der Waals surface area contributed by atoms with Crippen LogP contribution in [0.25, 0.3) is 5.65 Å². The van der Waals surface area contributed by atoms with Crippen molar-refractivity contribution in [3.8, 4) is 0 Å². The number of anilines is 1. The quantitative estimate of drug-likeness (QED) is 0.387. The Morgan fingerprint density at radius 1 is 1.11 bits per heavy atom. The Hall–Kier alpha value is -2.66. The zero-order chi connectivity index (χ0) is 24.6. The van der Waals surface area contributed by atoms with Crippen LogP contribution >= 0.6 is 23.2 Å². The molecule has 12 heteroatoms. The fourth-order valence-corrected chi connectivity index (χ4v) is 6.45. The van der Waals surface area contributed by atoms with Crippen LogP contribution in [0.5, 0.6) is 0 Å². The molecule has 2 radical (unpaired) electrons. The number of aromatic nitrogens is 4. The molecule has 0 amide bonds.